The topological polar surface area (TPSA) is 102 Å². The summed E-state index contributed by atoms with van der Waals surface area (Å²) in [4.78, 5) is 19.4. The minimum atomic E-state index is -0.313. The molecule has 0 saturated carbocycles. The molecule has 4 rings (SSSR count). The number of carbonyl (C=O) groups excluding carboxylic acids is 1. The first kappa shape index (κ1) is 20.4. The first-order valence-corrected chi connectivity index (χ1v) is 10.2. The van der Waals surface area contributed by atoms with Crippen LogP contribution in [0.1, 0.15) is 16.1 Å². The minimum absolute atomic E-state index is 0.105. The van der Waals surface area contributed by atoms with E-state index in [0.29, 0.717) is 5.69 Å². The van der Waals surface area contributed by atoms with E-state index in [2.05, 4.69) is 50.3 Å². The third kappa shape index (κ3) is 5.21. The maximum absolute atomic E-state index is 12.0. The molecule has 0 aliphatic heterocycles. The van der Waals surface area contributed by atoms with E-state index in [9.17, 15) is 4.79 Å². The van der Waals surface area contributed by atoms with Gasteiger partial charge in [-0.15, -0.1) is 0 Å². The lowest BCUT2D eigenvalue weighted by molar-refractivity contribution is 0.0940. The van der Waals surface area contributed by atoms with Crippen LogP contribution in [-0.2, 0) is 6.42 Å². The third-order valence-electron chi connectivity index (χ3n) is 4.96. The van der Waals surface area contributed by atoms with Gasteiger partial charge in [-0.3, -0.25) is 9.78 Å². The summed E-state index contributed by atoms with van der Waals surface area (Å²) in [5.41, 5.74) is 5.49. The van der Waals surface area contributed by atoms with Crippen molar-refractivity contribution >= 4 is 33.9 Å². The second kappa shape index (κ2) is 9.77. The average molecular weight is 415 g/mol. The summed E-state index contributed by atoms with van der Waals surface area (Å²) in [6, 6.07) is 19.8. The summed E-state index contributed by atoms with van der Waals surface area (Å²) in [5.74, 6) is -0.313. The number of carbonyl (C=O) groups is 1. The van der Waals surface area contributed by atoms with Gasteiger partial charge in [0.1, 0.15) is 5.69 Å². The van der Waals surface area contributed by atoms with Crippen molar-refractivity contribution in [3.8, 4) is 0 Å². The highest BCUT2D eigenvalue weighted by Crippen LogP contribution is 2.21. The summed E-state index contributed by atoms with van der Waals surface area (Å²) in [6.45, 7) is 0.935. The molecule has 0 atom stereocenters. The molecule has 0 radical (unpaired) electrons. The lowest BCUT2D eigenvalue weighted by Gasteiger charge is -2.10. The van der Waals surface area contributed by atoms with Crippen LogP contribution in [0.4, 0.5) is 17.1 Å². The monoisotopic (exact) mass is 415 g/mol. The molecule has 7 nitrogen and oxygen atoms in total. The van der Waals surface area contributed by atoms with E-state index in [4.69, 9.17) is 5.11 Å². The SMILES string of the molecule is O=C(NCCO)c1cc(Nc2ccc(NCCc3c[nH]c4ccccc34)cc2)ccn1. The highest BCUT2D eigenvalue weighted by Gasteiger charge is 2.07. The highest BCUT2D eigenvalue weighted by molar-refractivity contribution is 5.93. The van der Waals surface area contributed by atoms with Crippen molar-refractivity contribution in [1.29, 1.82) is 0 Å². The fourth-order valence-electron chi connectivity index (χ4n) is 3.41. The Morgan fingerprint density at radius 2 is 1.77 bits per heavy atom. The molecule has 158 valence electrons. The second-order valence-corrected chi connectivity index (χ2v) is 7.15. The number of aromatic nitrogens is 2. The maximum atomic E-state index is 12.0. The Hall–Kier alpha value is -3.84. The lowest BCUT2D eigenvalue weighted by atomic mass is 10.1. The van der Waals surface area contributed by atoms with Gasteiger partial charge in [0.15, 0.2) is 0 Å². The molecule has 0 fully saturated rings. The number of aromatic amines is 1. The molecule has 7 heteroatoms. The largest absolute Gasteiger partial charge is 0.395 e. The van der Waals surface area contributed by atoms with E-state index in [1.54, 1.807) is 18.3 Å². The fourth-order valence-corrected chi connectivity index (χ4v) is 3.41. The molecular formula is C24H25N5O2. The third-order valence-corrected chi connectivity index (χ3v) is 4.96. The summed E-state index contributed by atoms with van der Waals surface area (Å²) >= 11 is 0. The normalized spacial score (nSPS) is 10.7. The second-order valence-electron chi connectivity index (χ2n) is 7.15. The number of aliphatic hydroxyl groups excluding tert-OH is 1. The Bertz CT molecular complexity index is 1150. The minimum Gasteiger partial charge on any atom is -0.395 e. The van der Waals surface area contributed by atoms with E-state index in [0.717, 1.165) is 35.5 Å². The Kier molecular flexibility index (Phi) is 6.44. The van der Waals surface area contributed by atoms with Crippen LogP contribution in [0.2, 0.25) is 0 Å². The Balaban J connectivity index is 1.32. The Labute approximate surface area is 180 Å². The van der Waals surface area contributed by atoms with Crippen LogP contribution in [0.25, 0.3) is 10.9 Å². The summed E-state index contributed by atoms with van der Waals surface area (Å²) in [7, 11) is 0. The number of H-pyrrole nitrogens is 1. The van der Waals surface area contributed by atoms with Gasteiger partial charge in [-0.1, -0.05) is 18.2 Å². The number of pyridine rings is 1. The van der Waals surface area contributed by atoms with Gasteiger partial charge in [0.2, 0.25) is 0 Å². The van der Waals surface area contributed by atoms with E-state index in [-0.39, 0.29) is 19.1 Å². The fraction of sp³-hybridized carbons (Fsp3) is 0.167. The van der Waals surface area contributed by atoms with Crippen LogP contribution in [-0.4, -0.2) is 40.7 Å². The molecule has 2 aromatic heterocycles. The predicted molar refractivity (Wildman–Crippen MR) is 124 cm³/mol. The van der Waals surface area contributed by atoms with Crippen molar-refractivity contribution in [2.75, 3.05) is 30.3 Å². The smallest absolute Gasteiger partial charge is 0.270 e. The molecule has 0 aliphatic carbocycles. The Morgan fingerprint density at radius 1 is 0.968 bits per heavy atom. The van der Waals surface area contributed by atoms with Crippen molar-refractivity contribution in [1.82, 2.24) is 15.3 Å². The molecule has 2 aromatic carbocycles. The number of anilines is 3. The Morgan fingerprint density at radius 3 is 2.61 bits per heavy atom. The molecule has 4 aromatic rings. The van der Waals surface area contributed by atoms with Crippen molar-refractivity contribution in [2.45, 2.75) is 6.42 Å². The first-order chi connectivity index (χ1) is 15.2. The van der Waals surface area contributed by atoms with Crippen molar-refractivity contribution in [2.24, 2.45) is 0 Å². The quantitative estimate of drug-likeness (QED) is 0.287. The number of fused-ring (bicyclic) bond motifs is 1. The molecule has 0 unspecified atom stereocenters. The summed E-state index contributed by atoms with van der Waals surface area (Å²) in [5, 5.41) is 19.4. The van der Waals surface area contributed by atoms with Crippen LogP contribution in [0.3, 0.4) is 0 Å². The standard InChI is InChI=1S/C24H25N5O2/c30-14-13-27-24(31)23-15-20(10-12-26-23)29-19-7-5-18(6-8-19)25-11-9-17-16-28-22-4-2-1-3-21(17)22/h1-8,10,12,15-16,25,28,30H,9,11,13-14H2,(H,26,29)(H,27,31). The van der Waals surface area contributed by atoms with Gasteiger partial charge in [0.25, 0.3) is 5.91 Å². The number of amides is 1. The van der Waals surface area contributed by atoms with Crippen LogP contribution in [0.5, 0.6) is 0 Å². The molecular weight excluding hydrogens is 390 g/mol. The van der Waals surface area contributed by atoms with Gasteiger partial charge >= 0.3 is 0 Å². The van der Waals surface area contributed by atoms with Gasteiger partial charge in [-0.05, 0) is 54.4 Å². The van der Waals surface area contributed by atoms with Crippen LogP contribution >= 0.6 is 0 Å². The van der Waals surface area contributed by atoms with Crippen molar-refractivity contribution < 1.29 is 9.90 Å². The lowest BCUT2D eigenvalue weighted by Crippen LogP contribution is -2.27. The van der Waals surface area contributed by atoms with Crippen molar-refractivity contribution in [3.05, 3.63) is 84.3 Å². The maximum Gasteiger partial charge on any atom is 0.270 e. The van der Waals surface area contributed by atoms with Crippen LogP contribution < -0.4 is 16.0 Å². The zero-order valence-corrected chi connectivity index (χ0v) is 17.1. The van der Waals surface area contributed by atoms with Gasteiger partial charge in [-0.25, -0.2) is 0 Å². The number of hydrogen-bond donors (Lipinski definition) is 5. The van der Waals surface area contributed by atoms with Crippen LogP contribution in [0, 0.1) is 0 Å². The highest BCUT2D eigenvalue weighted by atomic mass is 16.3. The van der Waals surface area contributed by atoms with Crippen LogP contribution in [0.15, 0.2) is 73.1 Å². The summed E-state index contributed by atoms with van der Waals surface area (Å²) in [6.07, 6.45) is 4.59. The zero-order chi connectivity index (χ0) is 21.5. The van der Waals surface area contributed by atoms with E-state index in [1.165, 1.54) is 10.9 Å². The van der Waals surface area contributed by atoms with E-state index in [1.807, 2.05) is 30.3 Å². The number of aliphatic hydroxyl groups is 1. The number of rotatable bonds is 9. The van der Waals surface area contributed by atoms with Gasteiger partial charge < -0.3 is 26.0 Å². The van der Waals surface area contributed by atoms with Gasteiger partial charge in [-0.2, -0.15) is 0 Å². The van der Waals surface area contributed by atoms with Gasteiger partial charge in [0, 0.05) is 53.4 Å². The number of hydrogen-bond acceptors (Lipinski definition) is 5. The van der Waals surface area contributed by atoms with Crippen molar-refractivity contribution in [3.63, 3.8) is 0 Å². The molecule has 5 N–H and O–H groups in total. The number of para-hydroxylation sites is 1. The van der Waals surface area contributed by atoms with E-state index < -0.39 is 0 Å². The molecule has 1 amide bonds. The number of nitrogens with zero attached hydrogens (tertiary/aromatic N) is 1. The average Bonchev–Trinajstić information content (AvgIpc) is 3.22. The molecule has 2 heterocycles. The predicted octanol–water partition coefficient (Wildman–Crippen LogP) is 3.68. The molecule has 0 aliphatic rings. The number of nitrogens with one attached hydrogen (secondary N) is 4. The number of benzene rings is 2. The summed E-state index contributed by atoms with van der Waals surface area (Å²) < 4.78 is 0. The van der Waals surface area contributed by atoms with E-state index >= 15 is 0 Å². The van der Waals surface area contributed by atoms with Gasteiger partial charge in [0.05, 0.1) is 6.61 Å². The molecule has 0 saturated heterocycles. The molecule has 0 bridgehead atoms. The zero-order valence-electron chi connectivity index (χ0n) is 17.1. The molecule has 31 heavy (non-hydrogen) atoms. The first-order valence-electron chi connectivity index (χ1n) is 10.2. The molecule has 0 spiro atoms.